The second-order valence-electron chi connectivity index (χ2n) is 8.53. The minimum atomic E-state index is -0.568. The van der Waals surface area contributed by atoms with E-state index in [0.717, 1.165) is 79.6 Å². The molecule has 1 aliphatic heterocycles. The Labute approximate surface area is 199 Å². The van der Waals surface area contributed by atoms with E-state index in [1.807, 2.05) is 30.6 Å². The monoisotopic (exact) mass is 464 g/mol. The molecule has 0 unspecified atom stereocenters. The number of unbranched alkanes of at least 4 members (excludes halogenated alkanes) is 1. The minimum absolute atomic E-state index is 0.546. The van der Waals surface area contributed by atoms with Crippen molar-refractivity contribution in [1.82, 2.24) is 29.9 Å². The fraction of sp³-hybridized carbons (Fsp3) is 0.417. The van der Waals surface area contributed by atoms with Gasteiger partial charge in [-0.1, -0.05) is 31.5 Å². The maximum absolute atomic E-state index is 11.3. The number of hydrogen-bond donors (Lipinski definition) is 3. The Balaban J connectivity index is 1.59. The number of rotatable bonds is 9. The van der Waals surface area contributed by atoms with Crippen molar-refractivity contribution in [1.29, 1.82) is 0 Å². The number of benzene rings is 1. The van der Waals surface area contributed by atoms with E-state index < -0.39 is 5.91 Å². The standard InChI is InChI=1S/C24H32N8O2/c1-3-4-10-32-17-26-21-22(27-24(28-23(21)32)31-13-11-30(2)12-14-31)25-16-19-7-5-6-18(15-19)8-9-20(33)29-34/h5-9,15,17,34H,3-4,10-14,16H2,1-2H3,(H,29,33)(H,25,27,28)/b9-8+. The van der Waals surface area contributed by atoms with Crippen LogP contribution in [-0.2, 0) is 17.9 Å². The Morgan fingerprint density at radius 3 is 2.79 bits per heavy atom. The number of piperazine rings is 1. The van der Waals surface area contributed by atoms with Crippen molar-refractivity contribution in [3.63, 3.8) is 0 Å². The number of anilines is 2. The fourth-order valence-corrected chi connectivity index (χ4v) is 3.90. The summed E-state index contributed by atoms with van der Waals surface area (Å²) in [5.41, 5.74) is 5.11. The molecule has 0 radical (unpaired) electrons. The Morgan fingerprint density at radius 2 is 2.03 bits per heavy atom. The Bertz CT molecular complexity index is 1150. The second-order valence-corrected chi connectivity index (χ2v) is 8.53. The predicted molar refractivity (Wildman–Crippen MR) is 133 cm³/mol. The molecule has 1 saturated heterocycles. The number of fused-ring (bicyclic) bond motifs is 1. The molecule has 3 aromatic rings. The zero-order valence-electron chi connectivity index (χ0n) is 19.7. The maximum atomic E-state index is 11.3. The average Bonchev–Trinajstić information content (AvgIpc) is 3.28. The number of carbonyl (C=O) groups excluding carboxylic acids is 1. The van der Waals surface area contributed by atoms with Crippen molar-refractivity contribution in [3.8, 4) is 0 Å². The molecule has 0 aliphatic carbocycles. The van der Waals surface area contributed by atoms with E-state index >= 15 is 0 Å². The number of imidazole rings is 1. The molecule has 0 saturated carbocycles. The summed E-state index contributed by atoms with van der Waals surface area (Å²) in [5, 5.41) is 12.1. The molecular weight excluding hydrogens is 432 g/mol. The van der Waals surface area contributed by atoms with Crippen LogP contribution in [0, 0.1) is 0 Å². The molecular formula is C24H32N8O2. The summed E-state index contributed by atoms with van der Waals surface area (Å²) in [6.45, 7) is 7.34. The van der Waals surface area contributed by atoms with Gasteiger partial charge in [0, 0.05) is 45.3 Å². The van der Waals surface area contributed by atoms with Gasteiger partial charge in [-0.3, -0.25) is 10.0 Å². The molecule has 2 aromatic heterocycles. The van der Waals surface area contributed by atoms with Gasteiger partial charge in [-0.05, 0) is 36.7 Å². The summed E-state index contributed by atoms with van der Waals surface area (Å²) in [6, 6.07) is 7.82. The van der Waals surface area contributed by atoms with Crippen LogP contribution in [0.5, 0.6) is 0 Å². The summed E-state index contributed by atoms with van der Waals surface area (Å²) in [4.78, 5) is 30.2. The van der Waals surface area contributed by atoms with Crippen LogP contribution in [0.1, 0.15) is 30.9 Å². The largest absolute Gasteiger partial charge is 0.364 e. The summed E-state index contributed by atoms with van der Waals surface area (Å²) in [7, 11) is 2.13. The number of aryl methyl sites for hydroxylation is 1. The molecule has 3 heterocycles. The van der Waals surface area contributed by atoms with Gasteiger partial charge in [0.15, 0.2) is 17.0 Å². The number of carbonyl (C=O) groups is 1. The van der Waals surface area contributed by atoms with Gasteiger partial charge in [0.2, 0.25) is 5.95 Å². The first-order valence-electron chi connectivity index (χ1n) is 11.7. The van der Waals surface area contributed by atoms with Crippen molar-refractivity contribution >= 4 is 34.9 Å². The van der Waals surface area contributed by atoms with E-state index in [2.05, 4.69) is 38.6 Å². The van der Waals surface area contributed by atoms with Crippen LogP contribution in [0.25, 0.3) is 17.2 Å². The zero-order chi connectivity index (χ0) is 23.9. The molecule has 180 valence electrons. The normalized spacial score (nSPS) is 14.7. The average molecular weight is 465 g/mol. The molecule has 1 aromatic carbocycles. The molecule has 4 rings (SSSR count). The Hall–Kier alpha value is -3.50. The van der Waals surface area contributed by atoms with Gasteiger partial charge in [0.25, 0.3) is 5.91 Å². The topological polar surface area (TPSA) is 111 Å². The number of hydroxylamine groups is 1. The quantitative estimate of drug-likeness (QED) is 0.252. The van der Waals surface area contributed by atoms with Gasteiger partial charge in [-0.2, -0.15) is 9.97 Å². The van der Waals surface area contributed by atoms with Crippen molar-refractivity contribution in [2.75, 3.05) is 43.4 Å². The molecule has 1 amide bonds. The molecule has 34 heavy (non-hydrogen) atoms. The highest BCUT2D eigenvalue weighted by molar-refractivity contribution is 5.90. The molecule has 0 atom stereocenters. The highest BCUT2D eigenvalue weighted by Crippen LogP contribution is 2.24. The third kappa shape index (κ3) is 5.70. The third-order valence-electron chi connectivity index (χ3n) is 5.94. The van der Waals surface area contributed by atoms with Gasteiger partial charge in [0.1, 0.15) is 0 Å². The van der Waals surface area contributed by atoms with Crippen molar-refractivity contribution < 1.29 is 10.0 Å². The number of nitrogens with zero attached hydrogens (tertiary/aromatic N) is 6. The first-order chi connectivity index (χ1) is 16.6. The lowest BCUT2D eigenvalue weighted by Crippen LogP contribution is -2.45. The summed E-state index contributed by atoms with van der Waals surface area (Å²) < 4.78 is 2.11. The first-order valence-corrected chi connectivity index (χ1v) is 11.7. The highest BCUT2D eigenvalue weighted by atomic mass is 16.5. The van der Waals surface area contributed by atoms with Gasteiger partial charge < -0.3 is 19.7 Å². The lowest BCUT2D eigenvalue weighted by atomic mass is 10.1. The van der Waals surface area contributed by atoms with Crippen LogP contribution < -0.4 is 15.7 Å². The third-order valence-corrected chi connectivity index (χ3v) is 5.94. The number of nitrogens with one attached hydrogen (secondary N) is 2. The SMILES string of the molecule is CCCCn1cnc2c(NCc3cccc(/C=C/C(=O)NO)c3)nc(N3CCN(C)CC3)nc21. The number of aromatic nitrogens is 4. The minimum Gasteiger partial charge on any atom is -0.364 e. The van der Waals surface area contributed by atoms with Crippen molar-refractivity contribution in [2.24, 2.45) is 0 Å². The molecule has 0 bridgehead atoms. The van der Waals surface area contributed by atoms with E-state index in [0.29, 0.717) is 6.54 Å². The molecule has 0 spiro atoms. The highest BCUT2D eigenvalue weighted by Gasteiger charge is 2.20. The van der Waals surface area contributed by atoms with Crippen LogP contribution in [0.15, 0.2) is 36.7 Å². The number of hydrogen-bond acceptors (Lipinski definition) is 8. The van der Waals surface area contributed by atoms with Gasteiger partial charge in [-0.25, -0.2) is 10.5 Å². The molecule has 3 N–H and O–H groups in total. The summed E-state index contributed by atoms with van der Waals surface area (Å²) >= 11 is 0. The predicted octanol–water partition coefficient (Wildman–Crippen LogP) is 2.51. The first kappa shape index (κ1) is 23.7. The Kier molecular flexibility index (Phi) is 7.71. The van der Waals surface area contributed by atoms with Crippen molar-refractivity contribution in [3.05, 3.63) is 47.8 Å². The maximum Gasteiger partial charge on any atom is 0.267 e. The smallest absolute Gasteiger partial charge is 0.267 e. The Morgan fingerprint density at radius 1 is 1.21 bits per heavy atom. The molecule has 10 nitrogen and oxygen atoms in total. The van der Waals surface area contributed by atoms with Crippen molar-refractivity contribution in [2.45, 2.75) is 32.9 Å². The van der Waals surface area contributed by atoms with Crippen LogP contribution >= 0.6 is 0 Å². The summed E-state index contributed by atoms with van der Waals surface area (Å²) in [6.07, 6.45) is 6.96. The van der Waals surface area contributed by atoms with Gasteiger partial charge >= 0.3 is 0 Å². The van der Waals surface area contributed by atoms with Crippen LogP contribution in [0.4, 0.5) is 11.8 Å². The van der Waals surface area contributed by atoms with Crippen LogP contribution in [0.2, 0.25) is 0 Å². The van der Waals surface area contributed by atoms with Gasteiger partial charge in [0.05, 0.1) is 6.33 Å². The molecule has 1 fully saturated rings. The zero-order valence-corrected chi connectivity index (χ0v) is 19.7. The second kappa shape index (κ2) is 11.1. The lowest BCUT2D eigenvalue weighted by Gasteiger charge is -2.32. The number of amides is 1. The lowest BCUT2D eigenvalue weighted by molar-refractivity contribution is -0.124. The van der Waals surface area contributed by atoms with Crippen LogP contribution in [-0.4, -0.2) is 68.8 Å². The van der Waals surface area contributed by atoms with E-state index in [9.17, 15) is 4.79 Å². The van der Waals surface area contributed by atoms with Crippen LogP contribution in [0.3, 0.4) is 0 Å². The fourth-order valence-electron chi connectivity index (χ4n) is 3.90. The van der Waals surface area contributed by atoms with Gasteiger partial charge in [-0.15, -0.1) is 0 Å². The molecule has 1 aliphatic rings. The van der Waals surface area contributed by atoms with E-state index in [-0.39, 0.29) is 0 Å². The molecule has 10 heteroatoms. The van der Waals surface area contributed by atoms with E-state index in [1.54, 1.807) is 11.6 Å². The van der Waals surface area contributed by atoms with E-state index in [4.69, 9.17) is 15.2 Å². The number of likely N-dealkylation sites (N-methyl/N-ethyl adjacent to an activating group) is 1. The van der Waals surface area contributed by atoms with E-state index in [1.165, 1.54) is 6.08 Å². The summed E-state index contributed by atoms with van der Waals surface area (Å²) in [5.74, 6) is 0.879.